The lowest BCUT2D eigenvalue weighted by Gasteiger charge is -2.46. The molecule has 11 heteroatoms. The fourth-order valence-corrected chi connectivity index (χ4v) is 8.05. The van der Waals surface area contributed by atoms with Crippen LogP contribution in [0.3, 0.4) is 0 Å². The van der Waals surface area contributed by atoms with Crippen LogP contribution in [0.5, 0.6) is 0 Å². The molecule has 1 aliphatic heterocycles. The van der Waals surface area contributed by atoms with E-state index < -0.39 is 26.6 Å². The number of methoxy groups -OCH3 is 1. The van der Waals surface area contributed by atoms with Gasteiger partial charge < -0.3 is 18.6 Å². The summed E-state index contributed by atoms with van der Waals surface area (Å²) in [6.07, 6.45) is 6.12. The highest BCUT2D eigenvalue weighted by molar-refractivity contribution is 6.76. The van der Waals surface area contributed by atoms with Crippen molar-refractivity contribution in [3.8, 4) is 5.69 Å². The van der Waals surface area contributed by atoms with Crippen LogP contribution in [0, 0.1) is 5.92 Å². The zero-order chi connectivity index (χ0) is 34.4. The van der Waals surface area contributed by atoms with E-state index in [-0.39, 0.29) is 12.3 Å². The number of halogens is 1. The van der Waals surface area contributed by atoms with Crippen LogP contribution in [-0.2, 0) is 35.2 Å². The van der Waals surface area contributed by atoms with Crippen LogP contribution >= 0.6 is 11.6 Å². The lowest BCUT2D eigenvalue weighted by Crippen LogP contribution is -2.48. The average molecular weight is 654 g/mol. The van der Waals surface area contributed by atoms with Gasteiger partial charge in [0, 0.05) is 64.8 Å². The summed E-state index contributed by atoms with van der Waals surface area (Å²) in [7, 11) is -1.91. The van der Waals surface area contributed by atoms with Gasteiger partial charge in [-0.3, -0.25) is 14.3 Å². The second-order valence-corrected chi connectivity index (χ2v) is 20.4. The van der Waals surface area contributed by atoms with Crippen molar-refractivity contribution in [1.29, 1.82) is 0 Å². The van der Waals surface area contributed by atoms with Gasteiger partial charge in [-0.05, 0) is 68.0 Å². The summed E-state index contributed by atoms with van der Waals surface area (Å²) in [4.78, 5) is 17.0. The van der Waals surface area contributed by atoms with Crippen molar-refractivity contribution in [3.63, 3.8) is 0 Å². The van der Waals surface area contributed by atoms with Crippen molar-refractivity contribution in [2.24, 2.45) is 13.0 Å². The number of aryl methyl sites for hydroxylation is 1. The van der Waals surface area contributed by atoms with Crippen LogP contribution in [0.1, 0.15) is 53.8 Å². The van der Waals surface area contributed by atoms with Gasteiger partial charge in [0.25, 0.3) is 5.56 Å². The van der Waals surface area contributed by atoms with Gasteiger partial charge in [-0.25, -0.2) is 0 Å². The van der Waals surface area contributed by atoms with E-state index in [9.17, 15) is 4.79 Å². The molecule has 4 aromatic rings. The van der Waals surface area contributed by atoms with Gasteiger partial charge in [0.1, 0.15) is 24.4 Å². The van der Waals surface area contributed by atoms with Crippen molar-refractivity contribution < 1.29 is 13.6 Å². The molecule has 1 saturated carbocycles. The third-order valence-electron chi connectivity index (χ3n) is 9.58. The van der Waals surface area contributed by atoms with Crippen LogP contribution in [0.25, 0.3) is 16.6 Å². The minimum atomic E-state index is -2.49. The first-order valence-electron chi connectivity index (χ1n) is 17.5. The first-order valence-corrected chi connectivity index (χ1v) is 20.1. The van der Waals surface area contributed by atoms with E-state index in [0.717, 1.165) is 48.7 Å². The van der Waals surface area contributed by atoms with Gasteiger partial charge in [-0.2, -0.15) is 0 Å². The number of rotatable bonds is 11. The number of nitrogens with zero attached hydrogens (tertiary/aromatic N) is 6. The Kier molecular flexibility index (Phi) is 8.09. The van der Waals surface area contributed by atoms with Gasteiger partial charge in [0.05, 0.1) is 20.7 Å². The van der Waals surface area contributed by atoms with E-state index in [4.69, 9.17) is 25.2 Å². The summed E-state index contributed by atoms with van der Waals surface area (Å²) in [6, 6.07) is 10.9. The van der Waals surface area contributed by atoms with Gasteiger partial charge in [0.15, 0.2) is 0 Å². The van der Waals surface area contributed by atoms with Crippen LogP contribution < -0.4 is 5.56 Å². The van der Waals surface area contributed by atoms with Gasteiger partial charge >= 0.3 is 0 Å². The van der Waals surface area contributed by atoms with Crippen molar-refractivity contribution in [1.82, 2.24) is 28.8 Å². The number of hydrogen-bond acceptors (Lipinski definition) is 6. The van der Waals surface area contributed by atoms with E-state index in [1.807, 2.05) is 40.4 Å². The lowest BCUT2D eigenvalue weighted by atomic mass is 9.62. The first kappa shape index (κ1) is 28.5. The topological polar surface area (TPSA) is 79.3 Å². The lowest BCUT2D eigenvalue weighted by molar-refractivity contribution is -0.00696. The summed E-state index contributed by atoms with van der Waals surface area (Å²) in [5.41, 5.74) is 2.30. The maximum Gasteiger partial charge on any atom is 0.279 e. The molecule has 0 spiro atoms. The molecular weight excluding hydrogens is 604 g/mol. The number of likely N-dealkylation sites (tertiary alicyclic amines) is 1. The number of benzene rings is 1. The number of aromatic nitrogens is 5. The molecule has 45 heavy (non-hydrogen) atoms. The molecule has 1 aliphatic carbocycles. The third-order valence-corrected chi connectivity index (χ3v) is 11.6. The van der Waals surface area contributed by atoms with Crippen molar-refractivity contribution >= 4 is 30.6 Å². The molecule has 0 radical (unpaired) electrons. The van der Waals surface area contributed by atoms with Gasteiger partial charge in [-0.1, -0.05) is 50.3 Å². The van der Waals surface area contributed by atoms with Crippen molar-refractivity contribution in [2.75, 3.05) is 26.7 Å². The Morgan fingerprint density at radius 1 is 1.22 bits per heavy atom. The Bertz CT molecular complexity index is 1830. The molecule has 0 bridgehead atoms. The van der Waals surface area contributed by atoms with Crippen LogP contribution in [-0.4, -0.2) is 69.7 Å². The molecule has 3 aromatic heterocycles. The number of ether oxygens (including phenoxy) is 2. The molecule has 1 aromatic carbocycles. The molecule has 1 saturated heterocycles. The second kappa shape index (κ2) is 12.8. The minimum absolute atomic E-state index is 0.177. The summed E-state index contributed by atoms with van der Waals surface area (Å²) in [5, 5.41) is 9.74. The quantitative estimate of drug-likeness (QED) is 0.141. The highest BCUT2D eigenvalue weighted by Gasteiger charge is 2.50. The zero-order valence-corrected chi connectivity index (χ0v) is 28.8. The van der Waals surface area contributed by atoms with Crippen molar-refractivity contribution in [2.45, 2.75) is 83.1 Å². The molecular formula is C34H47ClN6O3Si. The minimum Gasteiger partial charge on any atom is -0.381 e. The molecule has 2 aliphatic rings. The van der Waals surface area contributed by atoms with E-state index in [2.05, 4.69) is 47.7 Å². The van der Waals surface area contributed by atoms with Gasteiger partial charge in [0.2, 0.25) is 0 Å². The van der Waals surface area contributed by atoms with Gasteiger partial charge in [-0.15, -0.1) is 10.2 Å². The predicted molar refractivity (Wildman–Crippen MR) is 182 cm³/mol. The summed E-state index contributed by atoms with van der Waals surface area (Å²) in [5.74, 6) is 1.35. The molecule has 242 valence electrons. The standard InChI is InChI=1S/C34H47ClN6O3Si/c1-24-9-8-12-39(19-24)20-27-16-29-30(35)21-40(32(42)31(29)41(27)23-44-13-14-45(4,5)6)26-11-7-10-25(15-26)34(17-28(18-34)43-3)33-37-36-22-38(33)2/h7,10-11,15-16,21-22,24,28H,8-9,12-14,17-20,23H2,1-6H3/t24-,28?,34?/m0/s1/i3D3. The Balaban J connectivity index is 1.40. The first-order chi connectivity index (χ1) is 22.6. The third kappa shape index (κ3) is 6.45. The summed E-state index contributed by atoms with van der Waals surface area (Å²) >= 11 is 6.99. The number of hydrogen-bond donors (Lipinski definition) is 0. The smallest absolute Gasteiger partial charge is 0.279 e. The molecule has 9 nitrogen and oxygen atoms in total. The largest absolute Gasteiger partial charge is 0.381 e. The summed E-state index contributed by atoms with van der Waals surface area (Å²) < 4.78 is 39.9. The SMILES string of the molecule is [2H]C([2H])([2H])OC1CC(c2cccc(-n3cc(Cl)c4cc(CN5CCC[C@H](C)C5)n(COCC[Si](C)(C)C)c4c3=O)c2)(c2nncn2C)C1. The fourth-order valence-electron chi connectivity index (χ4n) is 7.05. The molecule has 2 fully saturated rings. The number of piperidine rings is 1. The van der Waals surface area contributed by atoms with E-state index >= 15 is 0 Å². The van der Waals surface area contributed by atoms with Crippen LogP contribution in [0.15, 0.2) is 47.7 Å². The monoisotopic (exact) mass is 653 g/mol. The summed E-state index contributed by atoms with van der Waals surface area (Å²) in [6.45, 7) is 13.0. The molecule has 4 heterocycles. The predicted octanol–water partition coefficient (Wildman–Crippen LogP) is 6.21. The Morgan fingerprint density at radius 2 is 2.04 bits per heavy atom. The van der Waals surface area contributed by atoms with Crippen LogP contribution in [0.4, 0.5) is 0 Å². The van der Waals surface area contributed by atoms with E-state index in [1.165, 1.54) is 6.42 Å². The molecule has 0 N–H and O–H groups in total. The van der Waals surface area contributed by atoms with E-state index in [0.29, 0.717) is 47.4 Å². The molecule has 6 rings (SSSR count). The normalized spacial score (nSPS) is 23.9. The number of pyridine rings is 1. The fraction of sp³-hybridized carbons (Fsp3) is 0.559. The Labute approximate surface area is 276 Å². The van der Waals surface area contributed by atoms with Crippen molar-refractivity contribution in [3.05, 3.63) is 75.3 Å². The molecule has 0 unspecified atom stereocenters. The maximum atomic E-state index is 14.5. The average Bonchev–Trinajstić information content (AvgIpc) is 3.57. The zero-order valence-electron chi connectivity index (χ0n) is 30.1. The number of fused-ring (bicyclic) bond motifs is 1. The second-order valence-electron chi connectivity index (χ2n) is 14.4. The highest BCUT2D eigenvalue weighted by Crippen LogP contribution is 2.49. The molecule has 1 atom stereocenters. The maximum absolute atomic E-state index is 14.5. The highest BCUT2D eigenvalue weighted by atomic mass is 35.5. The van der Waals surface area contributed by atoms with E-state index in [1.54, 1.807) is 17.1 Å². The Morgan fingerprint density at radius 3 is 2.76 bits per heavy atom. The van der Waals surface area contributed by atoms with Crippen LogP contribution in [0.2, 0.25) is 30.7 Å². The Hall–Kier alpha value is -2.76. The molecule has 0 amide bonds.